The summed E-state index contributed by atoms with van der Waals surface area (Å²) in [7, 11) is 0. The quantitative estimate of drug-likeness (QED) is 0.747. The first kappa shape index (κ1) is 9.98. The molecule has 0 saturated heterocycles. The first-order chi connectivity index (χ1) is 6.70. The minimum Gasteiger partial charge on any atom is -0.396 e. The van der Waals surface area contributed by atoms with Crippen molar-refractivity contribution in [2.75, 3.05) is 6.61 Å². The monoisotopic (exact) mass is 193 g/mol. The Labute approximate surface area is 85.9 Å². The highest BCUT2D eigenvalue weighted by Crippen LogP contribution is 2.58. The molecule has 0 heterocycles. The zero-order chi connectivity index (χ0) is 10.2. The summed E-state index contributed by atoms with van der Waals surface area (Å²) in [6.07, 6.45) is 5.85. The lowest BCUT2D eigenvalue weighted by atomic mass is 9.69. The highest BCUT2D eigenvalue weighted by Gasteiger charge is 2.51. The molecule has 78 valence electrons. The van der Waals surface area contributed by atoms with Crippen molar-refractivity contribution in [1.82, 2.24) is 0 Å². The first-order valence-electron chi connectivity index (χ1n) is 5.72. The average molecular weight is 193 g/mol. The molecule has 2 saturated carbocycles. The van der Waals surface area contributed by atoms with Crippen LogP contribution in [0.15, 0.2) is 0 Å². The molecule has 2 fully saturated rings. The van der Waals surface area contributed by atoms with E-state index in [-0.39, 0.29) is 17.9 Å². The van der Waals surface area contributed by atoms with E-state index in [0.717, 1.165) is 18.8 Å². The summed E-state index contributed by atoms with van der Waals surface area (Å²) in [5.74, 6) is 1.73. The zero-order valence-electron chi connectivity index (χ0n) is 8.87. The Bertz CT molecular complexity index is 258. The molecule has 14 heavy (non-hydrogen) atoms. The molecule has 0 aromatic heterocycles. The standard InChI is InChI=1S/C12H19NO/c1-9(7-14)5-12(8-13)6-10-2-3-11(12)4-10/h9-11,14H,2-7H2,1H3. The third kappa shape index (κ3) is 1.44. The number of fused-ring (bicyclic) bond motifs is 2. The summed E-state index contributed by atoms with van der Waals surface area (Å²) in [6, 6.07) is 2.56. The van der Waals surface area contributed by atoms with E-state index in [1.54, 1.807) is 0 Å². The number of nitrogens with zero attached hydrogens (tertiary/aromatic N) is 1. The summed E-state index contributed by atoms with van der Waals surface area (Å²) in [5, 5.41) is 18.4. The van der Waals surface area contributed by atoms with Crippen molar-refractivity contribution in [1.29, 1.82) is 5.26 Å². The maximum absolute atomic E-state index is 9.35. The van der Waals surface area contributed by atoms with Gasteiger partial charge in [-0.3, -0.25) is 0 Å². The van der Waals surface area contributed by atoms with E-state index < -0.39 is 0 Å². The van der Waals surface area contributed by atoms with Crippen LogP contribution in [0.1, 0.15) is 39.0 Å². The molecule has 0 spiro atoms. The molecular weight excluding hydrogens is 174 g/mol. The van der Waals surface area contributed by atoms with Crippen LogP contribution in [0, 0.1) is 34.5 Å². The zero-order valence-corrected chi connectivity index (χ0v) is 8.87. The fourth-order valence-electron chi connectivity index (χ4n) is 3.56. The summed E-state index contributed by atoms with van der Waals surface area (Å²) < 4.78 is 0. The smallest absolute Gasteiger partial charge is 0.0692 e. The van der Waals surface area contributed by atoms with Gasteiger partial charge < -0.3 is 5.11 Å². The largest absolute Gasteiger partial charge is 0.396 e. The van der Waals surface area contributed by atoms with Crippen molar-refractivity contribution in [2.24, 2.45) is 23.2 Å². The number of rotatable bonds is 3. The van der Waals surface area contributed by atoms with Crippen LogP contribution in [0.4, 0.5) is 0 Å². The van der Waals surface area contributed by atoms with Gasteiger partial charge >= 0.3 is 0 Å². The molecule has 0 aromatic carbocycles. The summed E-state index contributed by atoms with van der Waals surface area (Å²) >= 11 is 0. The van der Waals surface area contributed by atoms with Gasteiger partial charge in [0.25, 0.3) is 0 Å². The van der Waals surface area contributed by atoms with Crippen LogP contribution in [0.25, 0.3) is 0 Å². The maximum Gasteiger partial charge on any atom is 0.0692 e. The second kappa shape index (κ2) is 3.55. The van der Waals surface area contributed by atoms with Gasteiger partial charge in [-0.1, -0.05) is 13.3 Å². The first-order valence-corrected chi connectivity index (χ1v) is 5.72. The highest BCUT2D eigenvalue weighted by molar-refractivity contribution is 5.11. The van der Waals surface area contributed by atoms with Gasteiger partial charge in [-0.15, -0.1) is 0 Å². The van der Waals surface area contributed by atoms with Crippen LogP contribution in [0.3, 0.4) is 0 Å². The lowest BCUT2D eigenvalue weighted by Gasteiger charge is -2.32. The molecular formula is C12H19NO. The van der Waals surface area contributed by atoms with Gasteiger partial charge in [0.05, 0.1) is 11.5 Å². The SMILES string of the molecule is CC(CO)CC1(C#N)CC2CCC1C2. The van der Waals surface area contributed by atoms with Gasteiger partial charge in [0, 0.05) is 6.61 Å². The maximum atomic E-state index is 9.35. The molecule has 2 rings (SSSR count). The van der Waals surface area contributed by atoms with Crippen molar-refractivity contribution < 1.29 is 5.11 Å². The minimum absolute atomic E-state index is 0.0783. The predicted molar refractivity (Wildman–Crippen MR) is 54.4 cm³/mol. The Hall–Kier alpha value is -0.550. The van der Waals surface area contributed by atoms with Crippen LogP contribution >= 0.6 is 0 Å². The minimum atomic E-state index is -0.0783. The third-order valence-electron chi connectivity index (χ3n) is 4.22. The van der Waals surface area contributed by atoms with Crippen LogP contribution in [-0.2, 0) is 0 Å². The van der Waals surface area contributed by atoms with E-state index in [2.05, 4.69) is 6.07 Å². The molecule has 0 aromatic rings. The molecule has 2 nitrogen and oxygen atoms in total. The van der Waals surface area contributed by atoms with Gasteiger partial charge in [0.1, 0.15) is 0 Å². The molecule has 2 aliphatic carbocycles. The fraction of sp³-hybridized carbons (Fsp3) is 0.917. The van der Waals surface area contributed by atoms with Gasteiger partial charge in [-0.05, 0) is 43.4 Å². The molecule has 4 unspecified atom stereocenters. The number of nitriles is 1. The Morgan fingerprint density at radius 2 is 2.36 bits per heavy atom. The van der Waals surface area contributed by atoms with Gasteiger partial charge in [-0.2, -0.15) is 5.26 Å². The second-order valence-electron chi connectivity index (χ2n) is 5.34. The average Bonchev–Trinajstić information content (AvgIpc) is 2.77. The second-order valence-corrected chi connectivity index (χ2v) is 5.34. The molecule has 0 aliphatic heterocycles. The third-order valence-corrected chi connectivity index (χ3v) is 4.22. The number of hydrogen-bond acceptors (Lipinski definition) is 2. The summed E-state index contributed by atoms with van der Waals surface area (Å²) in [4.78, 5) is 0. The molecule has 4 atom stereocenters. The molecule has 1 N–H and O–H groups in total. The van der Waals surface area contributed by atoms with E-state index in [1.807, 2.05) is 6.92 Å². The topological polar surface area (TPSA) is 44.0 Å². The van der Waals surface area contributed by atoms with Crippen molar-refractivity contribution in [2.45, 2.75) is 39.0 Å². The van der Waals surface area contributed by atoms with Crippen LogP contribution in [-0.4, -0.2) is 11.7 Å². The van der Waals surface area contributed by atoms with E-state index in [9.17, 15) is 5.26 Å². The normalized spacial score (nSPS) is 42.4. The van der Waals surface area contributed by atoms with Gasteiger partial charge in [-0.25, -0.2) is 0 Å². The molecule has 2 heteroatoms. The predicted octanol–water partition coefficient (Wildman–Crippen LogP) is 2.33. The number of aliphatic hydroxyl groups excluding tert-OH is 1. The number of hydrogen-bond donors (Lipinski definition) is 1. The van der Waals surface area contributed by atoms with Crippen LogP contribution < -0.4 is 0 Å². The van der Waals surface area contributed by atoms with Gasteiger partial charge in [0.2, 0.25) is 0 Å². The fourth-order valence-corrected chi connectivity index (χ4v) is 3.56. The Kier molecular flexibility index (Phi) is 2.53. The van der Waals surface area contributed by atoms with Crippen molar-refractivity contribution in [3.8, 4) is 6.07 Å². The molecule has 0 radical (unpaired) electrons. The number of aliphatic hydroxyl groups is 1. The summed E-state index contributed by atoms with van der Waals surface area (Å²) in [5.41, 5.74) is -0.0783. The van der Waals surface area contributed by atoms with E-state index >= 15 is 0 Å². The lowest BCUT2D eigenvalue weighted by Crippen LogP contribution is -2.29. The van der Waals surface area contributed by atoms with E-state index in [0.29, 0.717) is 5.92 Å². The Morgan fingerprint density at radius 3 is 2.79 bits per heavy atom. The lowest BCUT2D eigenvalue weighted by molar-refractivity contribution is 0.148. The van der Waals surface area contributed by atoms with E-state index in [1.165, 1.54) is 19.3 Å². The van der Waals surface area contributed by atoms with E-state index in [4.69, 9.17) is 5.11 Å². The highest BCUT2D eigenvalue weighted by atomic mass is 16.3. The van der Waals surface area contributed by atoms with Gasteiger partial charge in [0.15, 0.2) is 0 Å². The Balaban J connectivity index is 2.08. The Morgan fingerprint density at radius 1 is 1.57 bits per heavy atom. The van der Waals surface area contributed by atoms with Crippen molar-refractivity contribution in [3.63, 3.8) is 0 Å². The van der Waals surface area contributed by atoms with Crippen LogP contribution in [0.5, 0.6) is 0 Å². The van der Waals surface area contributed by atoms with Crippen molar-refractivity contribution >= 4 is 0 Å². The van der Waals surface area contributed by atoms with Crippen LogP contribution in [0.2, 0.25) is 0 Å². The summed E-state index contributed by atoms with van der Waals surface area (Å²) in [6.45, 7) is 2.27. The molecule has 2 aliphatic rings. The molecule has 0 amide bonds. The molecule has 2 bridgehead atoms. The van der Waals surface area contributed by atoms with Crippen molar-refractivity contribution in [3.05, 3.63) is 0 Å².